The van der Waals surface area contributed by atoms with E-state index < -0.39 is 11.0 Å². The molecular formula is C22H18ClN5O3S. The van der Waals surface area contributed by atoms with Crippen molar-refractivity contribution < 1.29 is 9.72 Å². The second-order valence-electron chi connectivity index (χ2n) is 7.59. The molecule has 0 spiro atoms. The maximum Gasteiger partial charge on any atom is 0.269 e. The van der Waals surface area contributed by atoms with Crippen molar-refractivity contribution in [2.45, 2.75) is 36.2 Å². The molecule has 8 nitrogen and oxygen atoms in total. The van der Waals surface area contributed by atoms with Crippen LogP contribution in [0.3, 0.4) is 0 Å². The Morgan fingerprint density at radius 1 is 1.22 bits per heavy atom. The standard InChI is InChI=1S/C22H18ClN5O3S/c23-16-8-2-1-5-14(16)12-32-22-25-21-24-17-9-4-10-18(29)19(17)20(27(21)26-22)13-6-3-7-15(11-13)28(30)31/h1-3,5-8,11,20H,4,9-10,12H2,(H,24,25,26). The number of nitro benzene ring substituents is 1. The maximum atomic E-state index is 12.9. The van der Waals surface area contributed by atoms with Crippen molar-refractivity contribution in [2.75, 3.05) is 5.32 Å². The van der Waals surface area contributed by atoms with Gasteiger partial charge in [0.05, 0.1) is 4.92 Å². The normalized spacial score (nSPS) is 17.5. The molecule has 0 radical (unpaired) electrons. The molecule has 1 unspecified atom stereocenters. The molecule has 32 heavy (non-hydrogen) atoms. The highest BCUT2D eigenvalue weighted by Crippen LogP contribution is 2.41. The first kappa shape index (κ1) is 20.7. The second-order valence-corrected chi connectivity index (χ2v) is 8.94. The number of nitro groups is 1. The Morgan fingerprint density at radius 2 is 2.06 bits per heavy atom. The molecule has 2 heterocycles. The molecule has 10 heteroatoms. The van der Waals surface area contributed by atoms with Gasteiger partial charge < -0.3 is 5.32 Å². The number of thioether (sulfide) groups is 1. The Kier molecular flexibility index (Phi) is 5.44. The Bertz CT molecular complexity index is 1270. The summed E-state index contributed by atoms with van der Waals surface area (Å²) in [4.78, 5) is 28.4. The molecule has 162 valence electrons. The number of nitrogens with one attached hydrogen (secondary N) is 1. The highest BCUT2D eigenvalue weighted by molar-refractivity contribution is 7.98. The summed E-state index contributed by atoms with van der Waals surface area (Å²) in [7, 11) is 0. The molecule has 2 aromatic carbocycles. The number of ketones is 1. The highest BCUT2D eigenvalue weighted by Gasteiger charge is 2.37. The molecule has 0 amide bonds. The number of carbonyl (C=O) groups excluding carboxylic acids is 1. The van der Waals surface area contributed by atoms with Gasteiger partial charge in [-0.25, -0.2) is 4.68 Å². The second kappa shape index (κ2) is 8.40. The van der Waals surface area contributed by atoms with Crippen LogP contribution in [0.25, 0.3) is 0 Å². The Hall–Kier alpha value is -3.17. The van der Waals surface area contributed by atoms with Crippen molar-refractivity contribution in [3.05, 3.63) is 86.1 Å². The van der Waals surface area contributed by atoms with Crippen molar-refractivity contribution in [2.24, 2.45) is 0 Å². The molecule has 1 atom stereocenters. The van der Waals surface area contributed by atoms with Gasteiger partial charge >= 0.3 is 0 Å². The Morgan fingerprint density at radius 3 is 2.88 bits per heavy atom. The summed E-state index contributed by atoms with van der Waals surface area (Å²) in [5.74, 6) is 1.15. The Labute approximate surface area is 192 Å². The van der Waals surface area contributed by atoms with E-state index >= 15 is 0 Å². The van der Waals surface area contributed by atoms with Gasteiger partial charge in [0.15, 0.2) is 5.78 Å². The summed E-state index contributed by atoms with van der Waals surface area (Å²) < 4.78 is 1.66. The molecule has 0 saturated heterocycles. The molecule has 1 aliphatic heterocycles. The molecule has 1 aliphatic carbocycles. The number of Topliss-reactive ketones (excluding diaryl/α,β-unsaturated/α-hetero) is 1. The predicted octanol–water partition coefficient (Wildman–Crippen LogP) is 5.15. The number of carbonyl (C=O) groups is 1. The van der Waals surface area contributed by atoms with Crippen LogP contribution < -0.4 is 5.32 Å². The summed E-state index contributed by atoms with van der Waals surface area (Å²) in [5.41, 5.74) is 3.01. The van der Waals surface area contributed by atoms with Crippen LogP contribution in [0.2, 0.25) is 5.02 Å². The van der Waals surface area contributed by atoms with Gasteiger partial charge in [-0.2, -0.15) is 4.98 Å². The van der Waals surface area contributed by atoms with E-state index in [0.29, 0.717) is 39.4 Å². The minimum Gasteiger partial charge on any atom is -0.328 e. The van der Waals surface area contributed by atoms with Crippen LogP contribution >= 0.6 is 23.4 Å². The number of hydrogen-bond donors (Lipinski definition) is 1. The average Bonchev–Trinajstić information content (AvgIpc) is 3.20. The van der Waals surface area contributed by atoms with Gasteiger partial charge in [-0.15, -0.1) is 5.10 Å². The van der Waals surface area contributed by atoms with Crippen LogP contribution in [0.4, 0.5) is 11.6 Å². The SMILES string of the molecule is O=C1CCCC2=C1C(c1cccc([N+](=O)[O-])c1)n1nc(SCc3ccccc3Cl)nc1N2. The monoisotopic (exact) mass is 467 g/mol. The van der Waals surface area contributed by atoms with Gasteiger partial charge in [-0.1, -0.05) is 53.7 Å². The minimum atomic E-state index is -0.559. The number of fused-ring (bicyclic) bond motifs is 1. The molecule has 0 fully saturated rings. The molecule has 2 aliphatic rings. The number of non-ortho nitro benzene ring substituents is 1. The van der Waals surface area contributed by atoms with Gasteiger partial charge in [0.2, 0.25) is 11.1 Å². The number of anilines is 1. The van der Waals surface area contributed by atoms with Crippen molar-refractivity contribution >= 4 is 40.8 Å². The zero-order valence-corrected chi connectivity index (χ0v) is 18.4. The third-order valence-electron chi connectivity index (χ3n) is 5.56. The number of allylic oxidation sites excluding steroid dienone is 2. The lowest BCUT2D eigenvalue weighted by atomic mass is 9.85. The number of halogens is 1. The third-order valence-corrected chi connectivity index (χ3v) is 6.82. The fourth-order valence-corrected chi connectivity index (χ4v) is 5.19. The van der Waals surface area contributed by atoms with Gasteiger partial charge in [0.25, 0.3) is 5.69 Å². The smallest absolute Gasteiger partial charge is 0.269 e. The van der Waals surface area contributed by atoms with Gasteiger partial charge in [0, 0.05) is 40.6 Å². The maximum absolute atomic E-state index is 12.9. The van der Waals surface area contributed by atoms with Crippen molar-refractivity contribution in [3.63, 3.8) is 0 Å². The van der Waals surface area contributed by atoms with E-state index in [0.717, 1.165) is 24.1 Å². The van der Waals surface area contributed by atoms with E-state index in [9.17, 15) is 14.9 Å². The van der Waals surface area contributed by atoms with Gasteiger partial charge in [-0.3, -0.25) is 14.9 Å². The van der Waals surface area contributed by atoms with E-state index in [2.05, 4.69) is 15.4 Å². The van der Waals surface area contributed by atoms with Crippen LogP contribution in [0.5, 0.6) is 0 Å². The van der Waals surface area contributed by atoms with Crippen LogP contribution in [-0.2, 0) is 10.5 Å². The number of hydrogen-bond acceptors (Lipinski definition) is 7. The fourth-order valence-electron chi connectivity index (χ4n) is 4.07. The highest BCUT2D eigenvalue weighted by atomic mass is 35.5. The number of benzene rings is 2. The fraction of sp³-hybridized carbons (Fsp3) is 0.227. The van der Waals surface area contributed by atoms with Gasteiger partial charge in [-0.05, 0) is 30.0 Å². The number of rotatable bonds is 5. The van der Waals surface area contributed by atoms with E-state index in [1.54, 1.807) is 16.8 Å². The quantitative estimate of drug-likeness (QED) is 0.314. The summed E-state index contributed by atoms with van der Waals surface area (Å²) in [5, 5.41) is 20.5. The first-order chi connectivity index (χ1) is 15.5. The lowest BCUT2D eigenvalue weighted by molar-refractivity contribution is -0.384. The summed E-state index contributed by atoms with van der Waals surface area (Å²) in [6.45, 7) is 0. The first-order valence-corrected chi connectivity index (χ1v) is 11.5. The van der Waals surface area contributed by atoms with Crippen molar-refractivity contribution in [1.29, 1.82) is 0 Å². The summed E-state index contributed by atoms with van der Waals surface area (Å²) in [6, 6.07) is 13.4. The van der Waals surface area contributed by atoms with Crippen LogP contribution in [-0.4, -0.2) is 25.5 Å². The lowest BCUT2D eigenvalue weighted by Gasteiger charge is -2.32. The molecule has 1 N–H and O–H groups in total. The van der Waals surface area contributed by atoms with Crippen molar-refractivity contribution in [1.82, 2.24) is 14.8 Å². The molecule has 1 aromatic heterocycles. The van der Waals surface area contributed by atoms with E-state index in [-0.39, 0.29) is 11.5 Å². The van der Waals surface area contributed by atoms with Gasteiger partial charge in [0.1, 0.15) is 6.04 Å². The Balaban J connectivity index is 1.54. The topological polar surface area (TPSA) is 103 Å². The van der Waals surface area contributed by atoms with Crippen LogP contribution in [0, 0.1) is 10.1 Å². The number of nitrogens with zero attached hydrogens (tertiary/aromatic N) is 4. The zero-order chi connectivity index (χ0) is 22.2. The third kappa shape index (κ3) is 3.78. The molecular weight excluding hydrogens is 450 g/mol. The lowest BCUT2D eigenvalue weighted by Crippen LogP contribution is -2.31. The van der Waals surface area contributed by atoms with E-state index in [1.165, 1.54) is 23.9 Å². The predicted molar refractivity (Wildman–Crippen MR) is 122 cm³/mol. The molecule has 0 saturated carbocycles. The molecule has 3 aromatic rings. The van der Waals surface area contributed by atoms with E-state index in [1.807, 2.05) is 24.3 Å². The largest absolute Gasteiger partial charge is 0.328 e. The minimum absolute atomic E-state index is 0.0265. The summed E-state index contributed by atoms with van der Waals surface area (Å²) >= 11 is 7.70. The van der Waals surface area contributed by atoms with Crippen LogP contribution in [0.15, 0.2) is 65.0 Å². The summed E-state index contributed by atoms with van der Waals surface area (Å²) in [6.07, 6.45) is 1.93. The van der Waals surface area contributed by atoms with E-state index in [4.69, 9.17) is 11.6 Å². The van der Waals surface area contributed by atoms with Crippen molar-refractivity contribution in [3.8, 4) is 0 Å². The first-order valence-electron chi connectivity index (χ1n) is 10.1. The van der Waals surface area contributed by atoms with Crippen LogP contribution in [0.1, 0.15) is 36.4 Å². The number of aromatic nitrogens is 3. The molecule has 5 rings (SSSR count). The molecule has 0 bridgehead atoms. The zero-order valence-electron chi connectivity index (χ0n) is 16.8. The average molecular weight is 468 g/mol.